The van der Waals surface area contributed by atoms with Crippen molar-refractivity contribution in [2.45, 2.75) is 31.8 Å². The molecule has 11 heavy (non-hydrogen) atoms. The van der Waals surface area contributed by atoms with Gasteiger partial charge in [-0.15, -0.1) is 0 Å². The summed E-state index contributed by atoms with van der Waals surface area (Å²) < 4.78 is 1.64. The summed E-state index contributed by atoms with van der Waals surface area (Å²) in [4.78, 5) is 0. The molecule has 0 aromatic rings. The van der Waals surface area contributed by atoms with Crippen molar-refractivity contribution in [2.75, 3.05) is 13.6 Å². The maximum atomic E-state index is 9.53. The van der Waals surface area contributed by atoms with E-state index in [1.165, 1.54) is 12.8 Å². The number of aliphatic hydroxyl groups excluding tert-OH is 1. The van der Waals surface area contributed by atoms with Gasteiger partial charge in [0.1, 0.15) is 0 Å². The molecule has 0 aromatic heterocycles. The van der Waals surface area contributed by atoms with Crippen LogP contribution in [-0.2, 0) is 0 Å². The molecule has 1 saturated carbocycles. The van der Waals surface area contributed by atoms with E-state index in [0.717, 1.165) is 19.4 Å². The highest BCUT2D eigenvalue weighted by molar-refractivity contribution is 6.13. The molecule has 0 radical (unpaired) electrons. The smallest absolute Gasteiger partial charge is 0.0581 e. The van der Waals surface area contributed by atoms with E-state index in [1.54, 1.807) is 4.42 Å². The van der Waals surface area contributed by atoms with Crippen LogP contribution in [0.3, 0.4) is 0 Å². The minimum atomic E-state index is -0.120. The predicted octanol–water partition coefficient (Wildman–Crippen LogP) is 1.62. The van der Waals surface area contributed by atoms with Crippen LogP contribution in [0, 0.1) is 5.92 Å². The highest BCUT2D eigenvalue weighted by atomic mass is 35.5. The van der Waals surface area contributed by atoms with Crippen molar-refractivity contribution in [2.24, 2.45) is 5.92 Å². The molecular formula is C8H16ClNO. The van der Waals surface area contributed by atoms with Gasteiger partial charge < -0.3 is 5.11 Å². The third kappa shape index (κ3) is 2.97. The minimum absolute atomic E-state index is 0.120. The Hall–Kier alpha value is 0.210. The lowest BCUT2D eigenvalue weighted by Gasteiger charge is -2.28. The van der Waals surface area contributed by atoms with Crippen LogP contribution in [0.25, 0.3) is 0 Å². The van der Waals surface area contributed by atoms with Gasteiger partial charge in [-0.3, -0.25) is 0 Å². The molecule has 2 nitrogen and oxygen atoms in total. The molecule has 2 unspecified atom stereocenters. The molecular weight excluding hydrogens is 162 g/mol. The Morgan fingerprint density at radius 2 is 2.09 bits per heavy atom. The fraction of sp³-hybridized carbons (Fsp3) is 1.00. The van der Waals surface area contributed by atoms with Gasteiger partial charge in [-0.1, -0.05) is 12.8 Å². The summed E-state index contributed by atoms with van der Waals surface area (Å²) in [5.74, 6) is 0.395. The van der Waals surface area contributed by atoms with Crippen molar-refractivity contribution < 1.29 is 5.11 Å². The number of hydrogen-bond acceptors (Lipinski definition) is 2. The predicted molar refractivity (Wildman–Crippen MR) is 46.4 cm³/mol. The SMILES string of the molecule is CN(Cl)CC1CCCCC1O. The molecule has 0 saturated heterocycles. The van der Waals surface area contributed by atoms with Crippen LogP contribution < -0.4 is 0 Å². The molecule has 0 aromatic carbocycles. The molecule has 0 heterocycles. The van der Waals surface area contributed by atoms with Crippen molar-refractivity contribution in [1.82, 2.24) is 4.42 Å². The topological polar surface area (TPSA) is 23.5 Å². The van der Waals surface area contributed by atoms with Gasteiger partial charge in [0.15, 0.2) is 0 Å². The standard InChI is InChI=1S/C8H16ClNO/c1-10(9)6-7-4-2-3-5-8(7)11/h7-8,11H,2-6H2,1H3. The number of halogens is 1. The van der Waals surface area contributed by atoms with Crippen molar-refractivity contribution in [3.8, 4) is 0 Å². The van der Waals surface area contributed by atoms with Gasteiger partial charge >= 0.3 is 0 Å². The summed E-state index contributed by atoms with van der Waals surface area (Å²) >= 11 is 5.70. The lowest BCUT2D eigenvalue weighted by atomic mass is 9.86. The van der Waals surface area contributed by atoms with Gasteiger partial charge in [0.25, 0.3) is 0 Å². The van der Waals surface area contributed by atoms with Crippen molar-refractivity contribution in [1.29, 1.82) is 0 Å². The average molecular weight is 178 g/mol. The van der Waals surface area contributed by atoms with E-state index in [4.69, 9.17) is 11.8 Å². The highest BCUT2D eigenvalue weighted by Crippen LogP contribution is 2.24. The minimum Gasteiger partial charge on any atom is -0.393 e. The normalized spacial score (nSPS) is 32.7. The number of aliphatic hydroxyl groups is 1. The highest BCUT2D eigenvalue weighted by Gasteiger charge is 2.23. The number of nitrogens with zero attached hydrogens (tertiary/aromatic N) is 1. The zero-order chi connectivity index (χ0) is 8.27. The van der Waals surface area contributed by atoms with E-state index in [1.807, 2.05) is 7.05 Å². The van der Waals surface area contributed by atoms with Crippen LogP contribution in [0.5, 0.6) is 0 Å². The Morgan fingerprint density at radius 1 is 1.45 bits per heavy atom. The van der Waals surface area contributed by atoms with Crippen LogP contribution in [0.4, 0.5) is 0 Å². The third-order valence-corrected chi connectivity index (χ3v) is 2.49. The van der Waals surface area contributed by atoms with E-state index >= 15 is 0 Å². The van der Waals surface area contributed by atoms with E-state index in [9.17, 15) is 5.11 Å². The second-order valence-electron chi connectivity index (χ2n) is 3.40. The second-order valence-corrected chi connectivity index (χ2v) is 3.98. The lowest BCUT2D eigenvalue weighted by Crippen LogP contribution is -2.31. The third-order valence-electron chi connectivity index (χ3n) is 2.36. The summed E-state index contributed by atoms with van der Waals surface area (Å²) in [6.45, 7) is 0.808. The zero-order valence-corrected chi connectivity index (χ0v) is 7.72. The van der Waals surface area contributed by atoms with Crippen LogP contribution >= 0.6 is 11.8 Å². The zero-order valence-electron chi connectivity index (χ0n) is 6.96. The molecule has 3 heteroatoms. The van der Waals surface area contributed by atoms with Gasteiger partial charge in [-0.2, -0.15) is 0 Å². The molecule has 1 aliphatic carbocycles. The molecule has 1 N–H and O–H groups in total. The van der Waals surface area contributed by atoms with Crippen molar-refractivity contribution >= 4 is 11.8 Å². The molecule has 0 bridgehead atoms. The summed E-state index contributed by atoms with van der Waals surface area (Å²) in [5.41, 5.74) is 0. The van der Waals surface area contributed by atoms with E-state index in [2.05, 4.69) is 0 Å². The number of hydrogen-bond donors (Lipinski definition) is 1. The summed E-state index contributed by atoms with van der Waals surface area (Å²) in [5, 5.41) is 9.53. The van der Waals surface area contributed by atoms with Gasteiger partial charge in [0.2, 0.25) is 0 Å². The summed E-state index contributed by atoms with van der Waals surface area (Å²) in [6, 6.07) is 0. The monoisotopic (exact) mass is 177 g/mol. The molecule has 1 rings (SSSR count). The molecule has 0 amide bonds. The molecule has 1 fully saturated rings. The van der Waals surface area contributed by atoms with Crippen LogP contribution in [0.1, 0.15) is 25.7 Å². The Bertz CT molecular complexity index is 119. The van der Waals surface area contributed by atoms with Crippen molar-refractivity contribution in [3.63, 3.8) is 0 Å². The molecule has 0 aliphatic heterocycles. The largest absolute Gasteiger partial charge is 0.393 e. The first-order chi connectivity index (χ1) is 5.20. The van der Waals surface area contributed by atoms with Crippen LogP contribution in [0.15, 0.2) is 0 Å². The summed E-state index contributed by atoms with van der Waals surface area (Å²) in [6.07, 6.45) is 4.37. The Morgan fingerprint density at radius 3 is 2.64 bits per heavy atom. The fourth-order valence-electron chi connectivity index (χ4n) is 1.72. The Balaban J connectivity index is 2.29. The number of rotatable bonds is 2. The van der Waals surface area contributed by atoms with E-state index in [0.29, 0.717) is 5.92 Å². The van der Waals surface area contributed by atoms with Crippen molar-refractivity contribution in [3.05, 3.63) is 0 Å². The Labute approximate surface area is 73.3 Å². The van der Waals surface area contributed by atoms with Crippen LogP contribution in [0.2, 0.25) is 0 Å². The summed E-state index contributed by atoms with van der Waals surface area (Å²) in [7, 11) is 1.84. The van der Waals surface area contributed by atoms with Gasteiger partial charge in [0, 0.05) is 13.6 Å². The first kappa shape index (κ1) is 9.30. The average Bonchev–Trinajstić information content (AvgIpc) is 1.93. The fourth-order valence-corrected chi connectivity index (χ4v) is 1.90. The molecule has 0 spiro atoms. The molecule has 1 aliphatic rings. The maximum absolute atomic E-state index is 9.53. The van der Waals surface area contributed by atoms with Gasteiger partial charge in [0.05, 0.1) is 6.10 Å². The van der Waals surface area contributed by atoms with Crippen LogP contribution in [-0.4, -0.2) is 29.2 Å². The van der Waals surface area contributed by atoms with E-state index < -0.39 is 0 Å². The quantitative estimate of drug-likeness (QED) is 0.649. The molecule has 66 valence electrons. The first-order valence-electron chi connectivity index (χ1n) is 4.25. The van der Waals surface area contributed by atoms with E-state index in [-0.39, 0.29) is 6.10 Å². The second kappa shape index (κ2) is 4.29. The Kier molecular flexibility index (Phi) is 3.63. The lowest BCUT2D eigenvalue weighted by molar-refractivity contribution is 0.0623. The maximum Gasteiger partial charge on any atom is 0.0581 e. The molecule has 2 atom stereocenters. The first-order valence-corrected chi connectivity index (χ1v) is 4.59. The van der Waals surface area contributed by atoms with Gasteiger partial charge in [-0.05, 0) is 30.5 Å². The van der Waals surface area contributed by atoms with Gasteiger partial charge in [-0.25, -0.2) is 4.42 Å².